The first-order chi connectivity index (χ1) is 6.59. The van der Waals surface area contributed by atoms with Gasteiger partial charge in [-0.15, -0.1) is 0 Å². The predicted molar refractivity (Wildman–Crippen MR) is 58.7 cm³/mol. The molecule has 0 radical (unpaired) electrons. The molecule has 0 spiro atoms. The van der Waals surface area contributed by atoms with Crippen molar-refractivity contribution in [1.82, 2.24) is 10.3 Å². The zero-order chi connectivity index (χ0) is 10.2. The van der Waals surface area contributed by atoms with Gasteiger partial charge in [-0.05, 0) is 26.0 Å². The average molecular weight is 212 g/mol. The molecule has 1 aromatic heterocycles. The molecular formula is C10H14ClN3. The quantitative estimate of drug-likeness (QED) is 0.719. The first-order valence-electron chi connectivity index (χ1n) is 4.74. The maximum atomic E-state index is 5.74. The van der Waals surface area contributed by atoms with Crippen LogP contribution in [0.1, 0.15) is 13.8 Å². The van der Waals surface area contributed by atoms with Crippen LogP contribution in [-0.4, -0.2) is 23.7 Å². The van der Waals surface area contributed by atoms with Crippen molar-refractivity contribution in [2.45, 2.75) is 19.5 Å². The van der Waals surface area contributed by atoms with Gasteiger partial charge in [-0.3, -0.25) is 5.32 Å². The molecule has 3 nitrogen and oxygen atoms in total. The number of hydrogen-bond donors (Lipinski definition) is 1. The zero-order valence-corrected chi connectivity index (χ0v) is 9.17. The van der Waals surface area contributed by atoms with E-state index in [1.165, 1.54) is 0 Å². The Morgan fingerprint density at radius 1 is 1.50 bits per heavy atom. The van der Waals surface area contributed by atoms with Gasteiger partial charge in [-0.1, -0.05) is 11.6 Å². The molecule has 1 saturated heterocycles. The van der Waals surface area contributed by atoms with E-state index in [2.05, 4.69) is 29.0 Å². The first-order valence-corrected chi connectivity index (χ1v) is 5.12. The SMILES string of the molecule is CC1(C)NCCN1c1ccc(Cl)nc1. The maximum Gasteiger partial charge on any atom is 0.129 e. The second-order valence-electron chi connectivity index (χ2n) is 3.98. The Labute approximate surface area is 89.1 Å². The molecule has 1 fully saturated rings. The van der Waals surface area contributed by atoms with E-state index in [1.54, 1.807) is 0 Å². The highest BCUT2D eigenvalue weighted by atomic mass is 35.5. The lowest BCUT2D eigenvalue weighted by molar-refractivity contribution is 0.461. The predicted octanol–water partition coefficient (Wildman–Crippen LogP) is 1.88. The van der Waals surface area contributed by atoms with Crippen LogP contribution >= 0.6 is 11.6 Å². The molecule has 0 unspecified atom stereocenters. The fourth-order valence-corrected chi connectivity index (χ4v) is 1.94. The zero-order valence-electron chi connectivity index (χ0n) is 8.42. The van der Waals surface area contributed by atoms with Gasteiger partial charge >= 0.3 is 0 Å². The van der Waals surface area contributed by atoms with Crippen molar-refractivity contribution in [3.8, 4) is 0 Å². The lowest BCUT2D eigenvalue weighted by Crippen LogP contribution is -2.46. The molecule has 0 amide bonds. The van der Waals surface area contributed by atoms with Gasteiger partial charge in [0.15, 0.2) is 0 Å². The van der Waals surface area contributed by atoms with Gasteiger partial charge in [0, 0.05) is 13.1 Å². The van der Waals surface area contributed by atoms with Gasteiger partial charge in [0.25, 0.3) is 0 Å². The molecule has 0 saturated carbocycles. The third-order valence-electron chi connectivity index (χ3n) is 2.59. The van der Waals surface area contributed by atoms with Crippen LogP contribution in [0.5, 0.6) is 0 Å². The Balaban J connectivity index is 2.27. The fraction of sp³-hybridized carbons (Fsp3) is 0.500. The van der Waals surface area contributed by atoms with Crippen LogP contribution in [0.2, 0.25) is 5.15 Å². The topological polar surface area (TPSA) is 28.2 Å². The minimum Gasteiger partial charge on any atom is -0.351 e. The number of pyridine rings is 1. The number of aromatic nitrogens is 1. The molecule has 0 atom stereocenters. The standard InChI is InChI=1S/C10H14ClN3/c1-10(2)13-5-6-14(10)8-3-4-9(11)12-7-8/h3-4,7,13H,5-6H2,1-2H3. The third-order valence-corrected chi connectivity index (χ3v) is 2.81. The molecule has 0 aromatic carbocycles. The molecule has 1 aliphatic heterocycles. The van der Waals surface area contributed by atoms with Gasteiger partial charge in [-0.25, -0.2) is 4.98 Å². The molecule has 2 heterocycles. The van der Waals surface area contributed by atoms with Crippen molar-refractivity contribution in [1.29, 1.82) is 0 Å². The summed E-state index contributed by atoms with van der Waals surface area (Å²) < 4.78 is 0. The Kier molecular flexibility index (Phi) is 2.37. The highest BCUT2D eigenvalue weighted by Crippen LogP contribution is 2.24. The summed E-state index contributed by atoms with van der Waals surface area (Å²) >= 11 is 5.74. The molecule has 2 rings (SSSR count). The largest absolute Gasteiger partial charge is 0.351 e. The van der Waals surface area contributed by atoms with Gasteiger partial charge in [0.2, 0.25) is 0 Å². The van der Waals surface area contributed by atoms with Crippen molar-refractivity contribution in [3.05, 3.63) is 23.5 Å². The number of hydrogen-bond acceptors (Lipinski definition) is 3. The van der Waals surface area contributed by atoms with E-state index in [-0.39, 0.29) is 5.66 Å². The van der Waals surface area contributed by atoms with E-state index in [9.17, 15) is 0 Å². The number of rotatable bonds is 1. The van der Waals surface area contributed by atoms with Crippen LogP contribution in [0, 0.1) is 0 Å². The summed E-state index contributed by atoms with van der Waals surface area (Å²) in [6.45, 7) is 6.34. The second-order valence-corrected chi connectivity index (χ2v) is 4.36. The third kappa shape index (κ3) is 1.70. The highest BCUT2D eigenvalue weighted by molar-refractivity contribution is 6.29. The summed E-state index contributed by atoms with van der Waals surface area (Å²) in [5.74, 6) is 0. The van der Waals surface area contributed by atoms with E-state index in [0.717, 1.165) is 18.8 Å². The average Bonchev–Trinajstić information content (AvgIpc) is 2.47. The highest BCUT2D eigenvalue weighted by Gasteiger charge is 2.31. The first kappa shape index (κ1) is 9.74. The molecule has 14 heavy (non-hydrogen) atoms. The molecule has 4 heteroatoms. The van der Waals surface area contributed by atoms with E-state index in [0.29, 0.717) is 5.15 Å². The molecule has 76 valence electrons. The normalized spacial score (nSPS) is 20.1. The lowest BCUT2D eigenvalue weighted by atomic mass is 10.2. The van der Waals surface area contributed by atoms with Crippen LogP contribution in [0.15, 0.2) is 18.3 Å². The van der Waals surface area contributed by atoms with Crippen molar-refractivity contribution < 1.29 is 0 Å². The summed E-state index contributed by atoms with van der Waals surface area (Å²) in [5.41, 5.74) is 1.12. The molecular weight excluding hydrogens is 198 g/mol. The van der Waals surface area contributed by atoms with Crippen LogP contribution in [0.3, 0.4) is 0 Å². The second kappa shape index (κ2) is 3.41. The number of halogens is 1. The Morgan fingerprint density at radius 3 is 2.79 bits per heavy atom. The molecule has 0 bridgehead atoms. The van der Waals surface area contributed by atoms with Crippen LogP contribution in [-0.2, 0) is 0 Å². The van der Waals surface area contributed by atoms with Gasteiger partial charge < -0.3 is 4.90 Å². The van der Waals surface area contributed by atoms with Crippen molar-refractivity contribution >= 4 is 17.3 Å². The van der Waals surface area contributed by atoms with Crippen LogP contribution < -0.4 is 10.2 Å². The number of nitrogens with one attached hydrogen (secondary N) is 1. The van der Waals surface area contributed by atoms with E-state index in [1.807, 2.05) is 18.3 Å². The van der Waals surface area contributed by atoms with Crippen LogP contribution in [0.4, 0.5) is 5.69 Å². The van der Waals surface area contributed by atoms with Crippen molar-refractivity contribution in [2.75, 3.05) is 18.0 Å². The molecule has 1 N–H and O–H groups in total. The Hall–Kier alpha value is -0.800. The molecule has 0 aliphatic carbocycles. The molecule has 1 aromatic rings. The maximum absolute atomic E-state index is 5.74. The lowest BCUT2D eigenvalue weighted by Gasteiger charge is -2.32. The summed E-state index contributed by atoms with van der Waals surface area (Å²) in [5, 5.41) is 3.96. The minimum atomic E-state index is 0.00943. The van der Waals surface area contributed by atoms with Crippen LogP contribution in [0.25, 0.3) is 0 Å². The van der Waals surface area contributed by atoms with Gasteiger partial charge in [-0.2, -0.15) is 0 Å². The number of nitrogens with zero attached hydrogens (tertiary/aromatic N) is 2. The Morgan fingerprint density at radius 2 is 2.29 bits per heavy atom. The van der Waals surface area contributed by atoms with E-state index in [4.69, 9.17) is 11.6 Å². The van der Waals surface area contributed by atoms with Crippen molar-refractivity contribution in [2.24, 2.45) is 0 Å². The fourth-order valence-electron chi connectivity index (χ4n) is 1.83. The van der Waals surface area contributed by atoms with Crippen molar-refractivity contribution in [3.63, 3.8) is 0 Å². The van der Waals surface area contributed by atoms with Gasteiger partial charge in [0.05, 0.1) is 17.5 Å². The number of anilines is 1. The summed E-state index contributed by atoms with van der Waals surface area (Å²) in [6, 6.07) is 3.83. The van der Waals surface area contributed by atoms with E-state index < -0.39 is 0 Å². The monoisotopic (exact) mass is 211 g/mol. The minimum absolute atomic E-state index is 0.00943. The summed E-state index contributed by atoms with van der Waals surface area (Å²) in [6.07, 6.45) is 1.82. The van der Waals surface area contributed by atoms with Gasteiger partial charge in [0.1, 0.15) is 5.15 Å². The molecule has 1 aliphatic rings. The Bertz CT molecular complexity index is 321. The van der Waals surface area contributed by atoms with E-state index >= 15 is 0 Å². The summed E-state index contributed by atoms with van der Waals surface area (Å²) in [7, 11) is 0. The summed E-state index contributed by atoms with van der Waals surface area (Å²) in [4.78, 5) is 6.37. The smallest absolute Gasteiger partial charge is 0.129 e.